The van der Waals surface area contributed by atoms with Gasteiger partial charge in [0.25, 0.3) is 0 Å². The Hall–Kier alpha value is 0.230. The van der Waals surface area contributed by atoms with Crippen LogP contribution >= 0.6 is 11.8 Å². The lowest BCUT2D eigenvalue weighted by molar-refractivity contribution is 0.274. The van der Waals surface area contributed by atoms with Crippen molar-refractivity contribution in [3.05, 3.63) is 0 Å². The van der Waals surface area contributed by atoms with Crippen LogP contribution in [0.5, 0.6) is 0 Å². The molecule has 1 fully saturated rings. The molecule has 1 rings (SSSR count). The molecule has 1 saturated heterocycles. The average molecular weight is 218 g/mol. The van der Waals surface area contributed by atoms with E-state index in [0.29, 0.717) is 11.9 Å². The molecule has 1 aliphatic heterocycles. The fourth-order valence-corrected chi connectivity index (χ4v) is 3.38. The van der Waals surface area contributed by atoms with Crippen molar-refractivity contribution < 1.29 is 5.11 Å². The van der Waals surface area contributed by atoms with Crippen LogP contribution in [0.3, 0.4) is 0 Å². The van der Waals surface area contributed by atoms with Crippen molar-refractivity contribution in [3.8, 4) is 0 Å². The van der Waals surface area contributed by atoms with Crippen LogP contribution in [-0.4, -0.2) is 41.3 Å². The van der Waals surface area contributed by atoms with Crippen molar-refractivity contribution in [1.29, 1.82) is 0 Å². The Morgan fingerprint density at radius 1 is 1.57 bits per heavy atom. The average Bonchev–Trinajstić information content (AvgIpc) is 2.56. The second kappa shape index (κ2) is 5.95. The van der Waals surface area contributed by atoms with E-state index in [1.807, 2.05) is 11.8 Å². The van der Waals surface area contributed by atoms with Gasteiger partial charge in [0.1, 0.15) is 0 Å². The minimum atomic E-state index is 0.153. The van der Waals surface area contributed by atoms with E-state index >= 15 is 0 Å². The van der Waals surface area contributed by atoms with E-state index < -0.39 is 0 Å². The van der Waals surface area contributed by atoms with Crippen LogP contribution in [0, 0.1) is 0 Å². The van der Waals surface area contributed by atoms with E-state index in [-0.39, 0.29) is 5.54 Å². The van der Waals surface area contributed by atoms with Gasteiger partial charge in [-0.15, -0.1) is 0 Å². The van der Waals surface area contributed by atoms with E-state index in [1.54, 1.807) is 0 Å². The molecule has 1 aliphatic rings. The zero-order chi connectivity index (χ0) is 10.4. The summed E-state index contributed by atoms with van der Waals surface area (Å²) in [4.78, 5) is 0. The predicted octanol–water partition coefficient (Wildman–Crippen LogP) is 0.571. The molecule has 4 N–H and O–H groups in total. The number of nitrogens with one attached hydrogen (secondary N) is 1. The van der Waals surface area contributed by atoms with Gasteiger partial charge in [-0.3, -0.25) is 0 Å². The van der Waals surface area contributed by atoms with Crippen LogP contribution in [0.25, 0.3) is 0 Å². The van der Waals surface area contributed by atoms with Gasteiger partial charge in [-0.25, -0.2) is 0 Å². The molecular weight excluding hydrogens is 196 g/mol. The van der Waals surface area contributed by atoms with Crippen LogP contribution in [-0.2, 0) is 0 Å². The summed E-state index contributed by atoms with van der Waals surface area (Å²) in [6.45, 7) is 4.24. The van der Waals surface area contributed by atoms with Gasteiger partial charge in [0.2, 0.25) is 0 Å². The van der Waals surface area contributed by atoms with Gasteiger partial charge in [0.05, 0.1) is 0 Å². The summed E-state index contributed by atoms with van der Waals surface area (Å²) in [5.74, 6) is 1.21. The Morgan fingerprint density at radius 3 is 2.86 bits per heavy atom. The molecule has 0 bridgehead atoms. The maximum Gasteiger partial charge on any atom is 0.0431 e. The Kier molecular flexibility index (Phi) is 5.23. The fourth-order valence-electron chi connectivity index (χ4n) is 1.93. The summed E-state index contributed by atoms with van der Waals surface area (Å²) in [7, 11) is 0. The monoisotopic (exact) mass is 218 g/mol. The highest BCUT2D eigenvalue weighted by atomic mass is 32.2. The highest BCUT2D eigenvalue weighted by molar-refractivity contribution is 8.00. The molecule has 0 aromatic rings. The van der Waals surface area contributed by atoms with E-state index in [4.69, 9.17) is 10.8 Å². The first-order valence-corrected chi connectivity index (χ1v) is 6.47. The van der Waals surface area contributed by atoms with Crippen LogP contribution in [0.2, 0.25) is 0 Å². The zero-order valence-electron chi connectivity index (χ0n) is 8.96. The van der Waals surface area contributed by atoms with Gasteiger partial charge >= 0.3 is 0 Å². The van der Waals surface area contributed by atoms with Gasteiger partial charge in [0, 0.05) is 23.9 Å². The smallest absolute Gasteiger partial charge is 0.0431 e. The Morgan fingerprint density at radius 2 is 2.36 bits per heavy atom. The first kappa shape index (κ1) is 12.3. The highest BCUT2D eigenvalue weighted by Gasteiger charge is 2.38. The van der Waals surface area contributed by atoms with Gasteiger partial charge in [-0.05, 0) is 31.6 Å². The minimum absolute atomic E-state index is 0.153. The van der Waals surface area contributed by atoms with Crippen molar-refractivity contribution in [2.24, 2.45) is 5.73 Å². The molecule has 2 atom stereocenters. The molecule has 14 heavy (non-hydrogen) atoms. The van der Waals surface area contributed by atoms with Crippen molar-refractivity contribution in [2.45, 2.75) is 37.0 Å². The fraction of sp³-hybridized carbons (Fsp3) is 1.00. The number of rotatable bonds is 6. The molecule has 0 aliphatic carbocycles. The first-order chi connectivity index (χ1) is 6.75. The molecule has 0 aromatic heterocycles. The molecule has 0 radical (unpaired) electrons. The number of aliphatic hydroxyl groups is 1. The lowest BCUT2D eigenvalue weighted by Crippen LogP contribution is -2.55. The normalized spacial score (nSPS) is 32.4. The Balaban J connectivity index is 2.30. The van der Waals surface area contributed by atoms with Crippen molar-refractivity contribution in [3.63, 3.8) is 0 Å². The number of nitrogens with two attached hydrogens (primary N) is 1. The largest absolute Gasteiger partial charge is 0.396 e. The van der Waals surface area contributed by atoms with Gasteiger partial charge in [-0.1, -0.05) is 6.92 Å². The van der Waals surface area contributed by atoms with Gasteiger partial charge in [0.15, 0.2) is 0 Å². The molecule has 0 amide bonds. The summed E-state index contributed by atoms with van der Waals surface area (Å²) in [6, 6.07) is 0. The predicted molar refractivity (Wildman–Crippen MR) is 62.6 cm³/mol. The molecule has 84 valence electrons. The molecule has 2 unspecified atom stereocenters. The second-order valence-electron chi connectivity index (χ2n) is 3.98. The third-order valence-corrected chi connectivity index (χ3v) is 4.51. The topological polar surface area (TPSA) is 58.3 Å². The summed E-state index contributed by atoms with van der Waals surface area (Å²) < 4.78 is 0. The van der Waals surface area contributed by atoms with E-state index in [2.05, 4.69) is 12.2 Å². The number of aliphatic hydroxyl groups excluding tert-OH is 1. The van der Waals surface area contributed by atoms with Gasteiger partial charge in [-0.2, -0.15) is 11.8 Å². The van der Waals surface area contributed by atoms with Crippen LogP contribution < -0.4 is 11.1 Å². The molecule has 0 spiro atoms. The quantitative estimate of drug-likeness (QED) is 0.571. The zero-order valence-corrected chi connectivity index (χ0v) is 9.78. The van der Waals surface area contributed by atoms with Gasteiger partial charge < -0.3 is 16.2 Å². The van der Waals surface area contributed by atoms with Crippen molar-refractivity contribution in [2.75, 3.05) is 25.4 Å². The van der Waals surface area contributed by atoms with Crippen molar-refractivity contribution in [1.82, 2.24) is 5.32 Å². The third-order valence-electron chi connectivity index (χ3n) is 3.12. The van der Waals surface area contributed by atoms with Crippen molar-refractivity contribution >= 4 is 11.8 Å². The number of unbranched alkanes of at least 4 members (excludes halogenated alkanes) is 1. The van der Waals surface area contributed by atoms with Crippen LogP contribution in [0.1, 0.15) is 26.2 Å². The first-order valence-electron chi connectivity index (χ1n) is 5.43. The molecule has 0 aromatic carbocycles. The molecule has 1 heterocycles. The summed E-state index contributed by atoms with van der Waals surface area (Å²) in [5, 5.41) is 12.9. The summed E-state index contributed by atoms with van der Waals surface area (Å²) in [5.41, 5.74) is 6.00. The SMILES string of the molecule is CC1SCCC1(CN)NCCCCO. The van der Waals surface area contributed by atoms with E-state index in [9.17, 15) is 0 Å². The maximum atomic E-state index is 8.68. The van der Waals surface area contributed by atoms with Crippen LogP contribution in [0.4, 0.5) is 0 Å². The standard InChI is InChI=1S/C10H22N2OS/c1-9-10(8-11,4-7-14-9)12-5-2-3-6-13/h9,12-13H,2-8,11H2,1H3. The second-order valence-corrected chi connectivity index (χ2v) is 5.43. The third kappa shape index (κ3) is 2.86. The summed E-state index contributed by atoms with van der Waals surface area (Å²) in [6.07, 6.45) is 3.10. The molecule has 4 heteroatoms. The lowest BCUT2D eigenvalue weighted by atomic mass is 9.92. The minimum Gasteiger partial charge on any atom is -0.396 e. The highest BCUT2D eigenvalue weighted by Crippen LogP contribution is 2.34. The number of thioether (sulfide) groups is 1. The Bertz CT molecular complexity index is 168. The summed E-state index contributed by atoms with van der Waals surface area (Å²) >= 11 is 2.00. The number of hydrogen-bond donors (Lipinski definition) is 3. The van der Waals surface area contributed by atoms with E-state index in [1.165, 1.54) is 12.2 Å². The molecule has 0 saturated carbocycles. The van der Waals surface area contributed by atoms with E-state index in [0.717, 1.165) is 25.9 Å². The maximum absolute atomic E-state index is 8.68. The lowest BCUT2D eigenvalue weighted by Gasteiger charge is -2.33. The van der Waals surface area contributed by atoms with Crippen LogP contribution in [0.15, 0.2) is 0 Å². The Labute approximate surface area is 90.8 Å². The number of hydrogen-bond acceptors (Lipinski definition) is 4. The molecule has 3 nitrogen and oxygen atoms in total. The molecular formula is C10H22N2OS.